The standard InChI is InChI=1S/C24H25N9O/c1-24(2,3)19-12-20(31-30-19)29-23(34)28-17-7-5-15(6-8-17)18-13-25-21-11-16(9-10-33(18)21)22-26-14-27-32(22)4/h5-14H,1-4H3,(H3,28,29,30,31,34). The highest BCUT2D eigenvalue weighted by molar-refractivity contribution is 5.99. The highest BCUT2D eigenvalue weighted by Crippen LogP contribution is 2.26. The number of H-pyrrole nitrogens is 1. The molecule has 1 aromatic carbocycles. The Kier molecular flexibility index (Phi) is 5.12. The van der Waals surface area contributed by atoms with Crippen LogP contribution < -0.4 is 10.6 Å². The number of imidazole rings is 1. The van der Waals surface area contributed by atoms with Crippen LogP contribution in [-0.2, 0) is 12.5 Å². The minimum Gasteiger partial charge on any atom is -0.308 e. The van der Waals surface area contributed by atoms with E-state index in [2.05, 4.69) is 56.7 Å². The van der Waals surface area contributed by atoms with Crippen LogP contribution in [0, 0.1) is 0 Å². The van der Waals surface area contributed by atoms with Crippen molar-refractivity contribution in [3.05, 3.63) is 66.9 Å². The van der Waals surface area contributed by atoms with Gasteiger partial charge in [-0.1, -0.05) is 32.9 Å². The fourth-order valence-corrected chi connectivity index (χ4v) is 3.66. The summed E-state index contributed by atoms with van der Waals surface area (Å²) in [5.74, 6) is 1.26. The Hall–Kier alpha value is -4.47. The van der Waals surface area contributed by atoms with Crippen molar-refractivity contribution in [3.63, 3.8) is 0 Å². The van der Waals surface area contributed by atoms with E-state index in [1.165, 1.54) is 6.33 Å². The fourth-order valence-electron chi connectivity index (χ4n) is 3.66. The number of pyridine rings is 1. The number of amides is 2. The molecule has 5 aromatic rings. The van der Waals surface area contributed by atoms with Crippen LogP contribution in [0.3, 0.4) is 0 Å². The number of aromatic nitrogens is 7. The third-order valence-corrected chi connectivity index (χ3v) is 5.55. The molecule has 0 aliphatic heterocycles. The van der Waals surface area contributed by atoms with Gasteiger partial charge in [0.1, 0.15) is 12.0 Å². The molecule has 4 aromatic heterocycles. The van der Waals surface area contributed by atoms with Crippen LogP contribution in [0.5, 0.6) is 0 Å². The smallest absolute Gasteiger partial charge is 0.308 e. The second-order valence-corrected chi connectivity index (χ2v) is 9.07. The lowest BCUT2D eigenvalue weighted by atomic mass is 9.92. The molecule has 0 spiro atoms. The SMILES string of the molecule is Cn1ncnc1-c1ccn2c(-c3ccc(NC(=O)Nc4cc(C(C)(C)C)[nH]n4)cc3)cnc2c1. The zero-order valence-electron chi connectivity index (χ0n) is 19.4. The van der Waals surface area contributed by atoms with E-state index in [1.807, 2.05) is 66.3 Å². The molecule has 0 aliphatic rings. The summed E-state index contributed by atoms with van der Waals surface area (Å²) in [6.45, 7) is 6.23. The largest absolute Gasteiger partial charge is 0.324 e. The molecule has 5 rings (SSSR count). The normalized spacial score (nSPS) is 11.6. The number of hydrogen-bond donors (Lipinski definition) is 3. The first kappa shape index (κ1) is 21.4. The van der Waals surface area contributed by atoms with Crippen LogP contribution >= 0.6 is 0 Å². The molecule has 10 nitrogen and oxygen atoms in total. The summed E-state index contributed by atoms with van der Waals surface area (Å²) >= 11 is 0. The maximum Gasteiger partial charge on any atom is 0.324 e. The van der Waals surface area contributed by atoms with Gasteiger partial charge in [-0.15, -0.1) is 0 Å². The molecule has 172 valence electrons. The molecular formula is C24H25N9O. The van der Waals surface area contributed by atoms with E-state index < -0.39 is 0 Å². The van der Waals surface area contributed by atoms with Gasteiger partial charge in [0.25, 0.3) is 0 Å². The molecule has 4 heterocycles. The lowest BCUT2D eigenvalue weighted by Gasteiger charge is -2.14. The average Bonchev–Trinajstić information content (AvgIpc) is 3.53. The molecule has 0 atom stereocenters. The van der Waals surface area contributed by atoms with Gasteiger partial charge in [0.05, 0.1) is 11.9 Å². The van der Waals surface area contributed by atoms with Gasteiger partial charge >= 0.3 is 6.03 Å². The number of aryl methyl sites for hydroxylation is 1. The first-order valence-electron chi connectivity index (χ1n) is 10.8. The molecule has 3 N–H and O–H groups in total. The number of nitrogens with one attached hydrogen (secondary N) is 3. The van der Waals surface area contributed by atoms with Gasteiger partial charge in [-0.25, -0.2) is 19.4 Å². The highest BCUT2D eigenvalue weighted by atomic mass is 16.2. The van der Waals surface area contributed by atoms with Crippen molar-refractivity contribution < 1.29 is 4.79 Å². The Morgan fingerprint density at radius 3 is 2.47 bits per heavy atom. The average molecular weight is 456 g/mol. The van der Waals surface area contributed by atoms with Crippen LogP contribution in [-0.4, -0.2) is 40.4 Å². The number of anilines is 2. The fraction of sp³-hybridized carbons (Fsp3) is 0.208. The lowest BCUT2D eigenvalue weighted by molar-refractivity contribution is 0.262. The number of aromatic amines is 1. The number of benzene rings is 1. The van der Waals surface area contributed by atoms with E-state index in [0.717, 1.165) is 34.0 Å². The minimum absolute atomic E-state index is 0.0753. The van der Waals surface area contributed by atoms with Crippen LogP contribution in [0.15, 0.2) is 61.2 Å². The Morgan fingerprint density at radius 2 is 1.79 bits per heavy atom. The van der Waals surface area contributed by atoms with Crippen LogP contribution in [0.2, 0.25) is 0 Å². The molecule has 2 amide bonds. The van der Waals surface area contributed by atoms with Crippen LogP contribution in [0.4, 0.5) is 16.3 Å². The summed E-state index contributed by atoms with van der Waals surface area (Å²) in [5, 5.41) is 16.8. The second-order valence-electron chi connectivity index (χ2n) is 9.07. The van der Waals surface area contributed by atoms with Gasteiger partial charge in [-0.3, -0.25) is 14.8 Å². The molecule has 0 radical (unpaired) electrons. The Bertz CT molecular complexity index is 1470. The van der Waals surface area contributed by atoms with Gasteiger partial charge in [0.15, 0.2) is 11.6 Å². The monoisotopic (exact) mass is 455 g/mol. The number of hydrogen-bond acceptors (Lipinski definition) is 5. The molecule has 0 unspecified atom stereocenters. The number of carbonyl (C=O) groups excluding carboxylic acids is 1. The molecule has 0 fully saturated rings. The predicted octanol–water partition coefficient (Wildman–Crippen LogP) is 4.46. The first-order chi connectivity index (χ1) is 16.3. The third kappa shape index (κ3) is 4.13. The molecule has 0 saturated carbocycles. The van der Waals surface area contributed by atoms with E-state index in [0.29, 0.717) is 11.5 Å². The second kappa shape index (κ2) is 8.14. The van der Waals surface area contributed by atoms with E-state index in [4.69, 9.17) is 0 Å². The molecule has 10 heteroatoms. The Morgan fingerprint density at radius 1 is 1.00 bits per heavy atom. The molecule has 34 heavy (non-hydrogen) atoms. The maximum absolute atomic E-state index is 12.4. The van der Waals surface area contributed by atoms with Crippen molar-refractivity contribution in [2.75, 3.05) is 10.6 Å². The zero-order valence-corrected chi connectivity index (χ0v) is 19.4. The van der Waals surface area contributed by atoms with Crippen molar-refractivity contribution in [2.24, 2.45) is 7.05 Å². The van der Waals surface area contributed by atoms with Gasteiger partial charge < -0.3 is 5.32 Å². The van der Waals surface area contributed by atoms with Crippen molar-refractivity contribution in [3.8, 4) is 22.6 Å². The third-order valence-electron chi connectivity index (χ3n) is 5.55. The van der Waals surface area contributed by atoms with Gasteiger partial charge in [-0.05, 0) is 24.3 Å². The van der Waals surface area contributed by atoms with Crippen molar-refractivity contribution in [2.45, 2.75) is 26.2 Å². The van der Waals surface area contributed by atoms with E-state index in [1.54, 1.807) is 4.68 Å². The van der Waals surface area contributed by atoms with Crippen molar-refractivity contribution >= 4 is 23.2 Å². The highest BCUT2D eigenvalue weighted by Gasteiger charge is 2.17. The van der Waals surface area contributed by atoms with Crippen molar-refractivity contribution in [1.29, 1.82) is 0 Å². The molecular weight excluding hydrogens is 430 g/mol. The van der Waals surface area contributed by atoms with Crippen LogP contribution in [0.25, 0.3) is 28.3 Å². The summed E-state index contributed by atoms with van der Waals surface area (Å²) in [6.07, 6.45) is 5.33. The number of rotatable bonds is 4. The topological polar surface area (TPSA) is 118 Å². The number of fused-ring (bicyclic) bond motifs is 1. The van der Waals surface area contributed by atoms with Gasteiger partial charge in [0.2, 0.25) is 0 Å². The summed E-state index contributed by atoms with van der Waals surface area (Å²) in [4.78, 5) is 21.2. The molecule has 0 saturated heterocycles. The number of carbonyl (C=O) groups is 1. The number of nitrogens with zero attached hydrogens (tertiary/aromatic N) is 6. The van der Waals surface area contributed by atoms with Crippen LogP contribution in [0.1, 0.15) is 26.5 Å². The minimum atomic E-state index is -0.356. The van der Waals surface area contributed by atoms with Gasteiger partial charge in [-0.2, -0.15) is 10.2 Å². The quantitative estimate of drug-likeness (QED) is 0.370. The van der Waals surface area contributed by atoms with E-state index in [9.17, 15) is 4.79 Å². The Labute approximate surface area is 196 Å². The Balaban J connectivity index is 1.30. The zero-order chi connectivity index (χ0) is 23.9. The maximum atomic E-state index is 12.4. The summed E-state index contributed by atoms with van der Waals surface area (Å²) < 4.78 is 3.74. The van der Waals surface area contributed by atoms with Crippen molar-refractivity contribution in [1.82, 2.24) is 34.3 Å². The van der Waals surface area contributed by atoms with E-state index >= 15 is 0 Å². The molecule has 0 aliphatic carbocycles. The predicted molar refractivity (Wildman–Crippen MR) is 131 cm³/mol. The van der Waals surface area contributed by atoms with E-state index in [-0.39, 0.29) is 11.4 Å². The van der Waals surface area contributed by atoms with Gasteiger partial charge in [0, 0.05) is 47.2 Å². The first-order valence-corrected chi connectivity index (χ1v) is 10.8. The summed E-state index contributed by atoms with van der Waals surface area (Å²) in [6, 6.07) is 13.1. The molecule has 0 bridgehead atoms. The number of urea groups is 1. The lowest BCUT2D eigenvalue weighted by Crippen LogP contribution is -2.19. The summed E-state index contributed by atoms with van der Waals surface area (Å²) in [5.41, 5.74) is 5.23. The summed E-state index contributed by atoms with van der Waals surface area (Å²) in [7, 11) is 1.86.